The van der Waals surface area contributed by atoms with Crippen molar-refractivity contribution in [3.8, 4) is 17.2 Å². The molecule has 1 N–H and O–H groups in total. The number of methoxy groups -OCH3 is 2. The van der Waals surface area contributed by atoms with Gasteiger partial charge in [0.15, 0.2) is 11.5 Å². The number of carbonyl (C=O) groups is 1. The molecular formula is C22H25N3O3. The smallest absolute Gasteiger partial charge is 0.255 e. The lowest BCUT2D eigenvalue weighted by Crippen LogP contribution is -2.24. The molecule has 0 aliphatic rings. The van der Waals surface area contributed by atoms with Crippen LogP contribution in [-0.4, -0.2) is 29.9 Å². The zero-order valence-corrected chi connectivity index (χ0v) is 16.4. The predicted molar refractivity (Wildman–Crippen MR) is 108 cm³/mol. The first kappa shape index (κ1) is 19.5. The molecule has 6 nitrogen and oxygen atoms in total. The Labute approximate surface area is 165 Å². The zero-order valence-electron chi connectivity index (χ0n) is 16.4. The van der Waals surface area contributed by atoms with Gasteiger partial charge in [0.2, 0.25) is 0 Å². The second kappa shape index (κ2) is 9.08. The molecule has 146 valence electrons. The molecule has 0 saturated heterocycles. The van der Waals surface area contributed by atoms with Crippen LogP contribution in [0, 0.1) is 0 Å². The van der Waals surface area contributed by atoms with Crippen LogP contribution in [0.25, 0.3) is 5.69 Å². The summed E-state index contributed by atoms with van der Waals surface area (Å²) in [5.41, 5.74) is 3.40. The van der Waals surface area contributed by atoms with E-state index in [1.54, 1.807) is 20.4 Å². The minimum atomic E-state index is -0.139. The maximum Gasteiger partial charge on any atom is 0.255 e. The lowest BCUT2D eigenvalue weighted by Gasteiger charge is -2.11. The van der Waals surface area contributed by atoms with Crippen molar-refractivity contribution in [3.05, 3.63) is 71.5 Å². The molecule has 0 spiro atoms. The summed E-state index contributed by atoms with van der Waals surface area (Å²) in [5.74, 6) is 1.16. The van der Waals surface area contributed by atoms with Crippen molar-refractivity contribution in [2.24, 2.45) is 0 Å². The largest absolute Gasteiger partial charge is 0.493 e. The monoisotopic (exact) mass is 379 g/mol. The van der Waals surface area contributed by atoms with Crippen molar-refractivity contribution in [1.29, 1.82) is 0 Å². The number of benzene rings is 2. The van der Waals surface area contributed by atoms with Gasteiger partial charge in [0.25, 0.3) is 5.91 Å². The number of para-hydroxylation sites is 1. The molecule has 3 aromatic rings. The molecule has 3 rings (SSSR count). The number of rotatable bonds is 8. The quantitative estimate of drug-likeness (QED) is 0.647. The van der Waals surface area contributed by atoms with Gasteiger partial charge in [0.1, 0.15) is 0 Å². The first-order valence-electron chi connectivity index (χ1n) is 9.29. The predicted octanol–water partition coefficient (Wildman–Crippen LogP) is 3.77. The number of hydrogen-bond donors (Lipinski definition) is 1. The summed E-state index contributed by atoms with van der Waals surface area (Å²) >= 11 is 0. The van der Waals surface area contributed by atoms with Gasteiger partial charge in [0, 0.05) is 6.54 Å². The highest BCUT2D eigenvalue weighted by molar-refractivity contribution is 5.95. The third kappa shape index (κ3) is 4.17. The van der Waals surface area contributed by atoms with Gasteiger partial charge in [-0.1, -0.05) is 37.6 Å². The molecule has 0 bridgehead atoms. The van der Waals surface area contributed by atoms with Gasteiger partial charge >= 0.3 is 0 Å². The summed E-state index contributed by atoms with van der Waals surface area (Å²) in [5, 5.41) is 7.43. The minimum Gasteiger partial charge on any atom is -0.493 e. The summed E-state index contributed by atoms with van der Waals surface area (Å²) in [6.45, 7) is 2.48. The van der Waals surface area contributed by atoms with Crippen LogP contribution in [-0.2, 0) is 13.0 Å². The Bertz CT molecular complexity index is 935. The first-order valence-corrected chi connectivity index (χ1v) is 9.29. The Morgan fingerprint density at radius 1 is 1.07 bits per heavy atom. The van der Waals surface area contributed by atoms with Crippen molar-refractivity contribution >= 4 is 5.91 Å². The summed E-state index contributed by atoms with van der Waals surface area (Å²) in [7, 11) is 3.19. The van der Waals surface area contributed by atoms with E-state index in [2.05, 4.69) is 17.3 Å². The van der Waals surface area contributed by atoms with E-state index in [1.165, 1.54) is 0 Å². The van der Waals surface area contributed by atoms with Crippen LogP contribution in [0.5, 0.6) is 11.5 Å². The zero-order chi connectivity index (χ0) is 19.9. The minimum absolute atomic E-state index is 0.139. The fourth-order valence-electron chi connectivity index (χ4n) is 3.10. The van der Waals surface area contributed by atoms with E-state index in [9.17, 15) is 4.79 Å². The van der Waals surface area contributed by atoms with Crippen molar-refractivity contribution in [2.75, 3.05) is 14.2 Å². The molecular weight excluding hydrogens is 354 g/mol. The lowest BCUT2D eigenvalue weighted by molar-refractivity contribution is 0.0950. The molecule has 0 aliphatic carbocycles. The molecule has 0 aliphatic heterocycles. The van der Waals surface area contributed by atoms with Crippen LogP contribution < -0.4 is 14.8 Å². The topological polar surface area (TPSA) is 65.4 Å². The SMILES string of the molecule is CCCc1c(C(=O)NCc2ccc(OC)c(OC)c2)cnn1-c1ccccc1. The maximum absolute atomic E-state index is 12.8. The van der Waals surface area contributed by atoms with Crippen molar-refractivity contribution in [1.82, 2.24) is 15.1 Å². The van der Waals surface area contributed by atoms with E-state index >= 15 is 0 Å². The van der Waals surface area contributed by atoms with Crippen molar-refractivity contribution in [2.45, 2.75) is 26.3 Å². The van der Waals surface area contributed by atoms with Crippen LogP contribution in [0.3, 0.4) is 0 Å². The fraction of sp³-hybridized carbons (Fsp3) is 0.273. The molecule has 2 aromatic carbocycles. The van der Waals surface area contributed by atoms with E-state index in [-0.39, 0.29) is 5.91 Å². The van der Waals surface area contributed by atoms with Crippen LogP contribution in [0.2, 0.25) is 0 Å². The van der Waals surface area contributed by atoms with Gasteiger partial charge < -0.3 is 14.8 Å². The van der Waals surface area contributed by atoms with Crippen LogP contribution in [0.15, 0.2) is 54.7 Å². The van der Waals surface area contributed by atoms with E-state index < -0.39 is 0 Å². The third-order valence-electron chi connectivity index (χ3n) is 4.50. The average Bonchev–Trinajstić information content (AvgIpc) is 3.16. The molecule has 1 amide bonds. The molecule has 0 radical (unpaired) electrons. The molecule has 0 atom stereocenters. The number of carbonyl (C=O) groups excluding carboxylic acids is 1. The summed E-state index contributed by atoms with van der Waals surface area (Å²) in [4.78, 5) is 12.8. The van der Waals surface area contributed by atoms with E-state index in [4.69, 9.17) is 9.47 Å². The van der Waals surface area contributed by atoms with Gasteiger partial charge in [0.05, 0.1) is 37.4 Å². The molecule has 0 fully saturated rings. The van der Waals surface area contributed by atoms with Gasteiger partial charge in [-0.2, -0.15) is 5.10 Å². The molecule has 1 heterocycles. The number of nitrogens with one attached hydrogen (secondary N) is 1. The van der Waals surface area contributed by atoms with Gasteiger partial charge in [-0.15, -0.1) is 0 Å². The molecule has 28 heavy (non-hydrogen) atoms. The highest BCUT2D eigenvalue weighted by Gasteiger charge is 2.18. The molecule has 0 unspecified atom stereocenters. The lowest BCUT2D eigenvalue weighted by atomic mass is 10.1. The Kier molecular flexibility index (Phi) is 6.32. The summed E-state index contributed by atoms with van der Waals surface area (Å²) < 4.78 is 12.4. The first-order chi connectivity index (χ1) is 13.7. The highest BCUT2D eigenvalue weighted by Crippen LogP contribution is 2.27. The number of hydrogen-bond acceptors (Lipinski definition) is 4. The number of ether oxygens (including phenoxy) is 2. The van der Waals surface area contributed by atoms with E-state index in [0.29, 0.717) is 23.6 Å². The standard InChI is InChI=1S/C22H25N3O3/c1-4-8-19-18(15-24-25(19)17-9-6-5-7-10-17)22(26)23-14-16-11-12-20(27-2)21(13-16)28-3/h5-7,9-13,15H,4,8,14H2,1-3H3,(H,23,26). The van der Waals surface area contributed by atoms with Crippen LogP contribution >= 0.6 is 0 Å². The van der Waals surface area contributed by atoms with E-state index in [1.807, 2.05) is 53.2 Å². The maximum atomic E-state index is 12.8. The third-order valence-corrected chi connectivity index (χ3v) is 4.50. The van der Waals surface area contributed by atoms with Crippen molar-refractivity contribution in [3.63, 3.8) is 0 Å². The van der Waals surface area contributed by atoms with E-state index in [0.717, 1.165) is 29.8 Å². The number of aromatic nitrogens is 2. The Morgan fingerprint density at radius 3 is 2.50 bits per heavy atom. The van der Waals surface area contributed by atoms with Crippen LogP contribution in [0.1, 0.15) is 35.0 Å². The van der Waals surface area contributed by atoms with Gasteiger partial charge in [-0.25, -0.2) is 4.68 Å². The van der Waals surface area contributed by atoms with Gasteiger partial charge in [-0.05, 0) is 36.2 Å². The van der Waals surface area contributed by atoms with Crippen molar-refractivity contribution < 1.29 is 14.3 Å². The average molecular weight is 379 g/mol. The fourth-order valence-corrected chi connectivity index (χ4v) is 3.10. The molecule has 6 heteroatoms. The Morgan fingerprint density at radius 2 is 1.82 bits per heavy atom. The second-order valence-electron chi connectivity index (χ2n) is 6.37. The normalized spacial score (nSPS) is 10.5. The molecule has 0 saturated carbocycles. The molecule has 1 aromatic heterocycles. The summed E-state index contributed by atoms with van der Waals surface area (Å²) in [6, 6.07) is 15.4. The van der Waals surface area contributed by atoms with Crippen LogP contribution in [0.4, 0.5) is 0 Å². The summed E-state index contributed by atoms with van der Waals surface area (Å²) in [6.07, 6.45) is 3.34. The highest BCUT2D eigenvalue weighted by atomic mass is 16.5. The van der Waals surface area contributed by atoms with Gasteiger partial charge in [-0.3, -0.25) is 4.79 Å². The number of nitrogens with zero attached hydrogens (tertiary/aromatic N) is 2. The Hall–Kier alpha value is -3.28. The number of amides is 1. The Balaban J connectivity index is 1.78. The second-order valence-corrected chi connectivity index (χ2v) is 6.37.